The van der Waals surface area contributed by atoms with Gasteiger partial charge in [0.15, 0.2) is 0 Å². The Bertz CT molecular complexity index is 380. The van der Waals surface area contributed by atoms with Gasteiger partial charge in [0.05, 0.1) is 18.1 Å². The van der Waals surface area contributed by atoms with Gasteiger partial charge >= 0.3 is 5.97 Å². The first-order chi connectivity index (χ1) is 7.04. The summed E-state index contributed by atoms with van der Waals surface area (Å²) in [4.78, 5) is 11.3. The smallest absolute Gasteiger partial charge is 0.310 e. The monoisotopic (exact) mass is 354 g/mol. The second-order valence-corrected chi connectivity index (χ2v) is 4.99. The molecule has 0 radical (unpaired) electrons. The first kappa shape index (κ1) is 13.0. The van der Waals surface area contributed by atoms with E-state index in [0.29, 0.717) is 11.6 Å². The van der Waals surface area contributed by atoms with Gasteiger partial charge in [-0.3, -0.25) is 4.79 Å². The van der Waals surface area contributed by atoms with Gasteiger partial charge < -0.3 is 4.74 Å². The van der Waals surface area contributed by atoms with E-state index < -0.39 is 0 Å². The molecular formula is C10H9Br2ClO2. The lowest BCUT2D eigenvalue weighted by atomic mass is 10.1. The predicted octanol–water partition coefficient (Wildman–Crippen LogP) is 3.97. The second-order valence-electron chi connectivity index (χ2n) is 2.84. The maximum atomic E-state index is 11.3. The van der Waals surface area contributed by atoms with E-state index in [1.54, 1.807) is 6.92 Å². The zero-order valence-electron chi connectivity index (χ0n) is 8.02. The lowest BCUT2D eigenvalue weighted by Gasteiger charge is -2.06. The van der Waals surface area contributed by atoms with Crippen molar-refractivity contribution in [1.82, 2.24) is 0 Å². The van der Waals surface area contributed by atoms with Crippen LogP contribution in [0, 0.1) is 0 Å². The van der Waals surface area contributed by atoms with Crippen LogP contribution in [-0.2, 0) is 16.0 Å². The summed E-state index contributed by atoms with van der Waals surface area (Å²) in [6.07, 6.45) is 0.185. The van der Waals surface area contributed by atoms with Crippen LogP contribution in [0.1, 0.15) is 12.5 Å². The molecule has 0 bridgehead atoms. The highest BCUT2D eigenvalue weighted by atomic mass is 79.9. The van der Waals surface area contributed by atoms with E-state index in [2.05, 4.69) is 31.9 Å². The van der Waals surface area contributed by atoms with Crippen molar-refractivity contribution in [2.24, 2.45) is 0 Å². The van der Waals surface area contributed by atoms with Crippen LogP contribution in [0.3, 0.4) is 0 Å². The Morgan fingerprint density at radius 1 is 1.47 bits per heavy atom. The molecule has 0 saturated carbocycles. The van der Waals surface area contributed by atoms with Crippen molar-refractivity contribution >= 4 is 49.4 Å². The number of ether oxygens (including phenoxy) is 1. The molecule has 82 valence electrons. The van der Waals surface area contributed by atoms with Gasteiger partial charge in [-0.05, 0) is 40.5 Å². The van der Waals surface area contributed by atoms with E-state index in [0.717, 1.165) is 14.5 Å². The summed E-state index contributed by atoms with van der Waals surface area (Å²) < 4.78 is 6.49. The Hall–Kier alpha value is -0.0600. The van der Waals surface area contributed by atoms with Crippen molar-refractivity contribution in [3.63, 3.8) is 0 Å². The van der Waals surface area contributed by atoms with Gasteiger partial charge in [-0.1, -0.05) is 27.5 Å². The zero-order chi connectivity index (χ0) is 11.4. The van der Waals surface area contributed by atoms with Gasteiger partial charge in [0.1, 0.15) is 0 Å². The van der Waals surface area contributed by atoms with Crippen molar-refractivity contribution in [3.8, 4) is 0 Å². The SMILES string of the molecule is CCOC(=O)Cc1cc(Br)cc(Br)c1Cl. The number of esters is 1. The minimum atomic E-state index is -0.274. The van der Waals surface area contributed by atoms with Crippen molar-refractivity contribution in [1.29, 1.82) is 0 Å². The van der Waals surface area contributed by atoms with Crippen molar-refractivity contribution in [2.75, 3.05) is 6.61 Å². The molecule has 0 saturated heterocycles. The zero-order valence-corrected chi connectivity index (χ0v) is 11.9. The average molecular weight is 356 g/mol. The standard InChI is InChI=1S/C10H9Br2ClO2/c1-2-15-9(14)4-6-3-7(11)5-8(12)10(6)13/h3,5H,2,4H2,1H3. The van der Waals surface area contributed by atoms with Crippen LogP contribution in [-0.4, -0.2) is 12.6 Å². The normalized spacial score (nSPS) is 10.1. The third-order valence-electron chi connectivity index (χ3n) is 1.71. The quantitative estimate of drug-likeness (QED) is 0.605. The summed E-state index contributed by atoms with van der Waals surface area (Å²) in [5, 5.41) is 0.547. The molecule has 0 aliphatic carbocycles. The van der Waals surface area contributed by atoms with E-state index in [1.807, 2.05) is 12.1 Å². The molecule has 1 rings (SSSR count). The van der Waals surface area contributed by atoms with Gasteiger partial charge in [-0.15, -0.1) is 0 Å². The molecule has 0 aliphatic rings. The molecule has 0 N–H and O–H groups in total. The van der Waals surface area contributed by atoms with Crippen LogP contribution in [0.5, 0.6) is 0 Å². The maximum absolute atomic E-state index is 11.3. The van der Waals surface area contributed by atoms with Crippen LogP contribution in [0.15, 0.2) is 21.1 Å². The van der Waals surface area contributed by atoms with Crippen LogP contribution in [0.4, 0.5) is 0 Å². The molecule has 0 unspecified atom stereocenters. The van der Waals surface area contributed by atoms with Crippen LogP contribution in [0.25, 0.3) is 0 Å². The van der Waals surface area contributed by atoms with Crippen LogP contribution >= 0.6 is 43.5 Å². The Kier molecular flexibility index (Phi) is 5.09. The van der Waals surface area contributed by atoms with Gasteiger partial charge in [0.2, 0.25) is 0 Å². The highest BCUT2D eigenvalue weighted by Gasteiger charge is 2.11. The Labute approximate surface area is 110 Å². The molecule has 1 aromatic carbocycles. The highest BCUT2D eigenvalue weighted by Crippen LogP contribution is 2.30. The Balaban J connectivity index is 2.89. The molecule has 0 aromatic heterocycles. The van der Waals surface area contributed by atoms with Gasteiger partial charge in [-0.25, -0.2) is 0 Å². The van der Waals surface area contributed by atoms with E-state index >= 15 is 0 Å². The van der Waals surface area contributed by atoms with Crippen molar-refractivity contribution in [2.45, 2.75) is 13.3 Å². The van der Waals surface area contributed by atoms with Crippen molar-refractivity contribution in [3.05, 3.63) is 31.7 Å². The summed E-state index contributed by atoms with van der Waals surface area (Å²) in [5.74, 6) is -0.274. The van der Waals surface area contributed by atoms with Gasteiger partial charge in [0, 0.05) is 8.95 Å². The number of hydrogen-bond acceptors (Lipinski definition) is 2. The number of carbonyl (C=O) groups is 1. The number of hydrogen-bond donors (Lipinski definition) is 0. The summed E-state index contributed by atoms with van der Waals surface area (Å²) in [5.41, 5.74) is 0.747. The minimum Gasteiger partial charge on any atom is -0.466 e. The number of carbonyl (C=O) groups excluding carboxylic acids is 1. The van der Waals surface area contributed by atoms with E-state index in [1.165, 1.54) is 0 Å². The largest absolute Gasteiger partial charge is 0.466 e. The summed E-state index contributed by atoms with van der Waals surface area (Å²) >= 11 is 12.7. The fourth-order valence-electron chi connectivity index (χ4n) is 1.11. The molecule has 0 aliphatic heterocycles. The van der Waals surface area contributed by atoms with Gasteiger partial charge in [-0.2, -0.15) is 0 Å². The fourth-order valence-corrected chi connectivity index (χ4v) is 2.60. The number of benzene rings is 1. The first-order valence-electron chi connectivity index (χ1n) is 4.33. The maximum Gasteiger partial charge on any atom is 0.310 e. The van der Waals surface area contributed by atoms with E-state index in [-0.39, 0.29) is 12.4 Å². The summed E-state index contributed by atoms with van der Waals surface area (Å²) in [6, 6.07) is 3.64. The Morgan fingerprint density at radius 3 is 2.73 bits per heavy atom. The van der Waals surface area contributed by atoms with Gasteiger partial charge in [0.25, 0.3) is 0 Å². The molecule has 0 atom stereocenters. The lowest BCUT2D eigenvalue weighted by molar-refractivity contribution is -0.142. The number of rotatable bonds is 3. The molecule has 0 fully saturated rings. The molecule has 5 heteroatoms. The molecule has 15 heavy (non-hydrogen) atoms. The second kappa shape index (κ2) is 5.87. The van der Waals surface area contributed by atoms with E-state index in [9.17, 15) is 4.79 Å². The van der Waals surface area contributed by atoms with Crippen LogP contribution < -0.4 is 0 Å². The highest BCUT2D eigenvalue weighted by molar-refractivity contribution is 9.11. The van der Waals surface area contributed by atoms with E-state index in [4.69, 9.17) is 16.3 Å². The van der Waals surface area contributed by atoms with Crippen molar-refractivity contribution < 1.29 is 9.53 Å². The topological polar surface area (TPSA) is 26.3 Å². The Morgan fingerprint density at radius 2 is 2.13 bits per heavy atom. The fraction of sp³-hybridized carbons (Fsp3) is 0.300. The predicted molar refractivity (Wildman–Crippen MR) is 67.2 cm³/mol. The molecule has 0 amide bonds. The molecular weight excluding hydrogens is 347 g/mol. The summed E-state index contributed by atoms with van der Waals surface area (Å²) in [7, 11) is 0. The number of halogens is 3. The molecule has 0 spiro atoms. The minimum absolute atomic E-state index is 0.185. The molecule has 1 aromatic rings. The third-order valence-corrected chi connectivity index (χ3v) is 3.47. The summed E-state index contributed by atoms with van der Waals surface area (Å²) in [6.45, 7) is 2.15. The molecule has 2 nitrogen and oxygen atoms in total. The third kappa shape index (κ3) is 3.78. The lowest BCUT2D eigenvalue weighted by Crippen LogP contribution is -2.08. The first-order valence-corrected chi connectivity index (χ1v) is 6.30. The average Bonchev–Trinajstić information content (AvgIpc) is 2.13. The molecule has 0 heterocycles. The van der Waals surface area contributed by atoms with Crippen LogP contribution in [0.2, 0.25) is 5.02 Å².